The number of aryl methyl sites for hydroxylation is 2. The highest BCUT2D eigenvalue weighted by Gasteiger charge is 2.08. The summed E-state index contributed by atoms with van der Waals surface area (Å²) in [5.41, 5.74) is 2.12. The number of non-ortho nitro benzene ring substituents is 1. The minimum Gasteiger partial charge on any atom is -0.491 e. The average Bonchev–Trinajstić information content (AvgIpc) is 2.58. The number of nitro groups is 1. The number of nitrogens with zero attached hydrogens (tertiary/aromatic N) is 1. The Morgan fingerprint density at radius 2 is 1.96 bits per heavy atom. The van der Waals surface area contributed by atoms with E-state index in [-0.39, 0.29) is 24.0 Å². The molecule has 1 N–H and O–H groups in total. The van der Waals surface area contributed by atoms with Crippen LogP contribution in [0.2, 0.25) is 0 Å². The molecule has 0 aliphatic heterocycles. The Hall–Kier alpha value is -3.09. The van der Waals surface area contributed by atoms with E-state index in [4.69, 9.17) is 9.47 Å². The highest BCUT2D eigenvalue weighted by atomic mass is 16.6. The molecule has 7 nitrogen and oxygen atoms in total. The molecule has 0 atom stereocenters. The molecule has 2 aromatic rings. The van der Waals surface area contributed by atoms with Crippen LogP contribution in [0.1, 0.15) is 11.1 Å². The molecule has 0 aliphatic rings. The normalized spacial score (nSPS) is 10.2. The molecule has 132 valence electrons. The fourth-order valence-corrected chi connectivity index (χ4v) is 2.20. The van der Waals surface area contributed by atoms with Crippen molar-refractivity contribution in [2.45, 2.75) is 13.8 Å². The molecule has 0 fully saturated rings. The number of hydrogen-bond acceptors (Lipinski definition) is 5. The SMILES string of the molecule is Cc1ccc(OCCNC(=O)COc2cccc([N+](=O)[O-])c2)c(C)c1. The van der Waals surface area contributed by atoms with Crippen molar-refractivity contribution in [3.63, 3.8) is 0 Å². The van der Waals surface area contributed by atoms with Gasteiger partial charge in [-0.05, 0) is 31.5 Å². The lowest BCUT2D eigenvalue weighted by Crippen LogP contribution is -2.32. The Labute approximate surface area is 145 Å². The number of carbonyl (C=O) groups is 1. The van der Waals surface area contributed by atoms with E-state index in [1.54, 1.807) is 6.07 Å². The van der Waals surface area contributed by atoms with Crippen molar-refractivity contribution in [3.8, 4) is 11.5 Å². The molecule has 0 unspecified atom stereocenters. The zero-order chi connectivity index (χ0) is 18.2. The van der Waals surface area contributed by atoms with Gasteiger partial charge in [0.1, 0.15) is 18.1 Å². The number of nitrogens with one attached hydrogen (secondary N) is 1. The summed E-state index contributed by atoms with van der Waals surface area (Å²) < 4.78 is 10.9. The maximum Gasteiger partial charge on any atom is 0.273 e. The molecular formula is C18H20N2O5. The van der Waals surface area contributed by atoms with Crippen molar-refractivity contribution < 1.29 is 19.2 Å². The van der Waals surface area contributed by atoms with Crippen molar-refractivity contribution in [2.75, 3.05) is 19.8 Å². The molecule has 0 radical (unpaired) electrons. The van der Waals surface area contributed by atoms with Crippen LogP contribution in [-0.2, 0) is 4.79 Å². The zero-order valence-electron chi connectivity index (χ0n) is 14.2. The average molecular weight is 344 g/mol. The van der Waals surface area contributed by atoms with Crippen LogP contribution in [0.3, 0.4) is 0 Å². The van der Waals surface area contributed by atoms with Gasteiger partial charge in [-0.15, -0.1) is 0 Å². The highest BCUT2D eigenvalue weighted by Crippen LogP contribution is 2.19. The first-order chi connectivity index (χ1) is 12.0. The molecule has 0 saturated heterocycles. The van der Waals surface area contributed by atoms with E-state index < -0.39 is 4.92 Å². The summed E-state index contributed by atoms with van der Waals surface area (Å²) in [6, 6.07) is 11.6. The first-order valence-electron chi connectivity index (χ1n) is 7.79. The molecular weight excluding hydrogens is 324 g/mol. The lowest BCUT2D eigenvalue weighted by atomic mass is 10.1. The van der Waals surface area contributed by atoms with E-state index >= 15 is 0 Å². The third kappa shape index (κ3) is 5.80. The van der Waals surface area contributed by atoms with Crippen LogP contribution in [-0.4, -0.2) is 30.6 Å². The Morgan fingerprint density at radius 1 is 1.16 bits per heavy atom. The highest BCUT2D eigenvalue weighted by molar-refractivity contribution is 5.77. The van der Waals surface area contributed by atoms with Gasteiger partial charge in [0, 0.05) is 6.07 Å². The predicted octanol–water partition coefficient (Wildman–Crippen LogP) is 2.79. The van der Waals surface area contributed by atoms with Gasteiger partial charge in [-0.25, -0.2) is 0 Å². The summed E-state index contributed by atoms with van der Waals surface area (Å²) >= 11 is 0. The summed E-state index contributed by atoms with van der Waals surface area (Å²) in [6.45, 7) is 4.44. The minimum atomic E-state index is -0.517. The van der Waals surface area contributed by atoms with Crippen LogP contribution in [0.15, 0.2) is 42.5 Å². The molecule has 2 aromatic carbocycles. The standard InChI is InChI=1S/C18H20N2O5/c1-13-6-7-17(14(2)10-13)24-9-8-19-18(21)12-25-16-5-3-4-15(11-16)20(22)23/h3-7,10-11H,8-9,12H2,1-2H3,(H,19,21). The zero-order valence-corrected chi connectivity index (χ0v) is 14.2. The van der Waals surface area contributed by atoms with E-state index in [9.17, 15) is 14.9 Å². The molecule has 0 spiro atoms. The van der Waals surface area contributed by atoms with Crippen LogP contribution in [0, 0.1) is 24.0 Å². The Morgan fingerprint density at radius 3 is 2.68 bits per heavy atom. The van der Waals surface area contributed by atoms with Crippen molar-refractivity contribution >= 4 is 11.6 Å². The summed E-state index contributed by atoms with van der Waals surface area (Å²) in [5.74, 6) is 0.735. The van der Waals surface area contributed by atoms with Crippen molar-refractivity contribution in [2.24, 2.45) is 0 Å². The monoisotopic (exact) mass is 344 g/mol. The fraction of sp³-hybridized carbons (Fsp3) is 0.278. The second-order valence-corrected chi connectivity index (χ2v) is 5.51. The quantitative estimate of drug-likeness (QED) is 0.452. The molecule has 0 heterocycles. The molecule has 7 heteroatoms. The number of hydrogen-bond donors (Lipinski definition) is 1. The molecule has 0 saturated carbocycles. The first kappa shape index (κ1) is 18.3. The summed E-state index contributed by atoms with van der Waals surface area (Å²) in [5, 5.41) is 13.4. The van der Waals surface area contributed by atoms with E-state index in [2.05, 4.69) is 5.32 Å². The predicted molar refractivity (Wildman–Crippen MR) is 93.0 cm³/mol. The molecule has 2 rings (SSSR count). The van der Waals surface area contributed by atoms with E-state index in [1.807, 2.05) is 32.0 Å². The van der Waals surface area contributed by atoms with Crippen molar-refractivity contribution in [1.29, 1.82) is 0 Å². The summed E-state index contributed by atoms with van der Waals surface area (Å²) in [7, 11) is 0. The van der Waals surface area contributed by atoms with E-state index in [1.165, 1.54) is 18.2 Å². The Balaban J connectivity index is 1.70. The molecule has 0 aromatic heterocycles. The van der Waals surface area contributed by atoms with Gasteiger partial charge in [0.15, 0.2) is 6.61 Å². The lowest BCUT2D eigenvalue weighted by Gasteiger charge is -2.11. The number of nitro benzene ring substituents is 1. The molecule has 0 bridgehead atoms. The Bertz CT molecular complexity index is 761. The summed E-state index contributed by atoms with van der Waals surface area (Å²) in [6.07, 6.45) is 0. The molecule has 0 aliphatic carbocycles. The van der Waals surface area contributed by atoms with Gasteiger partial charge in [-0.1, -0.05) is 23.8 Å². The van der Waals surface area contributed by atoms with Crippen LogP contribution >= 0.6 is 0 Å². The fourth-order valence-electron chi connectivity index (χ4n) is 2.20. The van der Waals surface area contributed by atoms with Gasteiger partial charge in [0.2, 0.25) is 0 Å². The van der Waals surface area contributed by atoms with E-state index in [0.717, 1.165) is 16.9 Å². The number of carbonyl (C=O) groups excluding carboxylic acids is 1. The van der Waals surface area contributed by atoms with Crippen molar-refractivity contribution in [3.05, 3.63) is 63.7 Å². The maximum atomic E-state index is 11.7. The van der Waals surface area contributed by atoms with Crippen LogP contribution < -0.4 is 14.8 Å². The van der Waals surface area contributed by atoms with Crippen LogP contribution in [0.5, 0.6) is 11.5 Å². The van der Waals surface area contributed by atoms with Gasteiger partial charge < -0.3 is 14.8 Å². The van der Waals surface area contributed by atoms with E-state index in [0.29, 0.717) is 13.2 Å². The maximum absolute atomic E-state index is 11.7. The van der Waals surface area contributed by atoms with Gasteiger partial charge in [-0.2, -0.15) is 0 Å². The van der Waals surface area contributed by atoms with Gasteiger partial charge in [0.05, 0.1) is 17.5 Å². The molecule has 1 amide bonds. The first-order valence-corrected chi connectivity index (χ1v) is 7.79. The lowest BCUT2D eigenvalue weighted by molar-refractivity contribution is -0.384. The van der Waals surface area contributed by atoms with Gasteiger partial charge >= 0.3 is 0 Å². The summed E-state index contributed by atoms with van der Waals surface area (Å²) in [4.78, 5) is 21.9. The largest absolute Gasteiger partial charge is 0.491 e. The third-order valence-corrected chi connectivity index (χ3v) is 3.41. The third-order valence-electron chi connectivity index (χ3n) is 3.41. The Kier molecular flexibility index (Phi) is 6.33. The smallest absolute Gasteiger partial charge is 0.273 e. The van der Waals surface area contributed by atoms with Gasteiger partial charge in [-0.3, -0.25) is 14.9 Å². The topological polar surface area (TPSA) is 90.7 Å². The number of amides is 1. The second kappa shape index (κ2) is 8.68. The van der Waals surface area contributed by atoms with Gasteiger partial charge in [0.25, 0.3) is 11.6 Å². The molecule has 25 heavy (non-hydrogen) atoms. The second-order valence-electron chi connectivity index (χ2n) is 5.51. The number of rotatable bonds is 8. The number of benzene rings is 2. The number of ether oxygens (including phenoxy) is 2. The van der Waals surface area contributed by atoms with Crippen LogP contribution in [0.25, 0.3) is 0 Å². The van der Waals surface area contributed by atoms with Crippen LogP contribution in [0.4, 0.5) is 5.69 Å². The minimum absolute atomic E-state index is 0.0835. The van der Waals surface area contributed by atoms with Crippen molar-refractivity contribution in [1.82, 2.24) is 5.32 Å².